The van der Waals surface area contributed by atoms with Gasteiger partial charge >= 0.3 is 0 Å². The van der Waals surface area contributed by atoms with Gasteiger partial charge in [0.25, 0.3) is 0 Å². The van der Waals surface area contributed by atoms with E-state index >= 15 is 0 Å². The van der Waals surface area contributed by atoms with Crippen LogP contribution in [0.5, 0.6) is 0 Å². The van der Waals surface area contributed by atoms with E-state index in [2.05, 4.69) is 27.8 Å². The highest BCUT2D eigenvalue weighted by Gasteiger charge is 2.12. The third kappa shape index (κ3) is 5.74. The van der Waals surface area contributed by atoms with Crippen molar-refractivity contribution in [3.05, 3.63) is 59.1 Å². The first kappa shape index (κ1) is 20.8. The lowest BCUT2D eigenvalue weighted by Gasteiger charge is -2.10. The Morgan fingerprint density at radius 2 is 1.81 bits per heavy atom. The number of hydrogen-bond donors (Lipinski definition) is 4. The molecule has 0 aromatic heterocycles. The molecule has 2 aliphatic heterocycles. The van der Waals surface area contributed by atoms with Crippen molar-refractivity contribution in [1.82, 2.24) is 0 Å². The Kier molecular flexibility index (Phi) is 8.16. The van der Waals surface area contributed by atoms with Crippen LogP contribution in [0.25, 0.3) is 0 Å². The van der Waals surface area contributed by atoms with Gasteiger partial charge in [-0.1, -0.05) is 38.1 Å². The highest BCUT2D eigenvalue weighted by molar-refractivity contribution is 7.97. The van der Waals surface area contributed by atoms with Crippen LogP contribution < -0.4 is 16.4 Å². The highest BCUT2D eigenvalue weighted by atomic mass is 32.2. The van der Waals surface area contributed by atoms with Crippen LogP contribution in [0.3, 0.4) is 0 Å². The number of para-hydroxylation sites is 3. The molecule has 0 atom stereocenters. The molecule has 0 aliphatic carbocycles. The minimum absolute atomic E-state index is 0.319. The Bertz CT molecular complexity index is 823. The molecule has 2 aliphatic rings. The van der Waals surface area contributed by atoms with Crippen LogP contribution in [0, 0.1) is 0 Å². The molecule has 5 nitrogen and oxygen atoms in total. The van der Waals surface area contributed by atoms with Crippen molar-refractivity contribution in [2.24, 2.45) is 4.99 Å². The fourth-order valence-electron chi connectivity index (χ4n) is 2.56. The second kappa shape index (κ2) is 10.6. The van der Waals surface area contributed by atoms with Gasteiger partial charge in [-0.3, -0.25) is 0 Å². The standard InChI is InChI=1S/C13H13N3.C5H6FNOS.C2H6/c14-10-5-3-4-9-8-15-11-6-1-2-7-12(11)16-13(9)10;6-5-2-1-4(9-8)3-7-5;1-2/h1-7,15-16H,8,14H2;3,8H,1-2H2;1-2H3. The van der Waals surface area contributed by atoms with E-state index in [9.17, 15) is 4.39 Å². The molecule has 0 amide bonds. The summed E-state index contributed by atoms with van der Waals surface area (Å²) in [5, 5.41) is 6.77. The van der Waals surface area contributed by atoms with Gasteiger partial charge in [0.2, 0.25) is 0 Å². The van der Waals surface area contributed by atoms with E-state index in [0.717, 1.165) is 34.2 Å². The van der Waals surface area contributed by atoms with E-state index in [1.54, 1.807) is 0 Å². The van der Waals surface area contributed by atoms with Crippen molar-refractivity contribution >= 4 is 40.8 Å². The first-order valence-electron chi connectivity index (χ1n) is 8.87. The van der Waals surface area contributed by atoms with Gasteiger partial charge in [0.05, 0.1) is 22.7 Å². The Morgan fingerprint density at radius 3 is 2.48 bits per heavy atom. The summed E-state index contributed by atoms with van der Waals surface area (Å²) in [7, 11) is 0. The van der Waals surface area contributed by atoms with Crippen molar-refractivity contribution in [3.8, 4) is 0 Å². The van der Waals surface area contributed by atoms with E-state index in [0.29, 0.717) is 24.9 Å². The molecule has 0 saturated carbocycles. The largest absolute Gasteiger partial charge is 0.397 e. The number of hydrogen-bond acceptors (Lipinski definition) is 6. The van der Waals surface area contributed by atoms with Crippen LogP contribution in [0.1, 0.15) is 32.3 Å². The van der Waals surface area contributed by atoms with Crippen molar-refractivity contribution < 1.29 is 8.94 Å². The Labute approximate surface area is 163 Å². The highest BCUT2D eigenvalue weighted by Crippen LogP contribution is 2.34. The van der Waals surface area contributed by atoms with Gasteiger partial charge in [0, 0.05) is 36.1 Å². The van der Waals surface area contributed by atoms with Crippen LogP contribution >= 0.6 is 12.0 Å². The zero-order chi connectivity index (χ0) is 19.6. The second-order valence-corrected chi connectivity index (χ2v) is 6.30. The summed E-state index contributed by atoms with van der Waals surface area (Å²) in [6.45, 7) is 4.80. The molecule has 144 valence electrons. The fraction of sp³-hybridized carbons (Fsp3) is 0.250. The molecule has 4 rings (SSSR count). The predicted molar refractivity (Wildman–Crippen MR) is 115 cm³/mol. The van der Waals surface area contributed by atoms with Crippen LogP contribution in [0.2, 0.25) is 0 Å². The molecule has 2 heterocycles. The van der Waals surface area contributed by atoms with Gasteiger partial charge in [-0.2, -0.15) is 4.39 Å². The molecule has 2 aromatic rings. The summed E-state index contributed by atoms with van der Waals surface area (Å²) < 4.78 is 20.5. The number of nitrogens with two attached hydrogens (primary N) is 1. The molecule has 0 saturated heterocycles. The number of anilines is 4. The fourth-order valence-corrected chi connectivity index (χ4v) is 2.85. The van der Waals surface area contributed by atoms with Crippen LogP contribution in [0.4, 0.5) is 27.1 Å². The minimum atomic E-state index is -0.354. The quantitative estimate of drug-likeness (QED) is 0.347. The molecule has 0 radical (unpaired) electrons. The molecule has 7 heteroatoms. The first-order valence-corrected chi connectivity index (χ1v) is 9.64. The average Bonchev–Trinajstić information content (AvgIpc) is 2.91. The number of nitrogens with zero attached hydrogens (tertiary/aromatic N) is 1. The van der Waals surface area contributed by atoms with Crippen LogP contribution in [-0.4, -0.2) is 10.5 Å². The van der Waals surface area contributed by atoms with Crippen molar-refractivity contribution in [1.29, 1.82) is 0 Å². The van der Waals surface area contributed by atoms with Gasteiger partial charge in [-0.25, -0.2) is 4.99 Å². The lowest BCUT2D eigenvalue weighted by atomic mass is 10.1. The predicted octanol–water partition coefficient (Wildman–Crippen LogP) is 6.16. The number of allylic oxidation sites excluding steroid dienone is 1. The number of fused-ring (bicyclic) bond motifs is 2. The zero-order valence-corrected chi connectivity index (χ0v) is 16.3. The van der Waals surface area contributed by atoms with Gasteiger partial charge < -0.3 is 20.9 Å². The van der Waals surface area contributed by atoms with E-state index in [-0.39, 0.29) is 5.97 Å². The molecule has 27 heavy (non-hydrogen) atoms. The van der Waals surface area contributed by atoms with E-state index in [1.807, 2.05) is 44.2 Å². The van der Waals surface area contributed by atoms with E-state index < -0.39 is 0 Å². The maximum Gasteiger partial charge on any atom is 0.189 e. The molecule has 2 aromatic carbocycles. The molecular weight excluding hydrogens is 363 g/mol. The third-order valence-electron chi connectivity index (χ3n) is 3.88. The second-order valence-electron chi connectivity index (χ2n) is 5.60. The summed E-state index contributed by atoms with van der Waals surface area (Å²) >= 11 is 0.635. The Morgan fingerprint density at radius 1 is 1.07 bits per heavy atom. The van der Waals surface area contributed by atoms with Crippen molar-refractivity contribution in [2.75, 3.05) is 16.4 Å². The summed E-state index contributed by atoms with van der Waals surface area (Å²) in [4.78, 5) is 4.11. The summed E-state index contributed by atoms with van der Waals surface area (Å²) in [5.41, 5.74) is 11.1. The molecule has 0 fully saturated rings. The summed E-state index contributed by atoms with van der Waals surface area (Å²) in [6.07, 6.45) is 2.24. The number of nitrogens with one attached hydrogen (secondary N) is 2. The third-order valence-corrected chi connectivity index (χ3v) is 4.43. The Hall–Kier alpha value is -2.51. The number of nitrogen functional groups attached to an aromatic ring is 1. The Balaban J connectivity index is 0.000000203. The zero-order valence-electron chi connectivity index (χ0n) is 15.5. The number of halogens is 1. The van der Waals surface area contributed by atoms with Gasteiger partial charge in [0.15, 0.2) is 5.97 Å². The smallest absolute Gasteiger partial charge is 0.189 e. The average molecular weight is 389 g/mol. The monoisotopic (exact) mass is 388 g/mol. The molecular formula is C20H25FN4OS. The minimum Gasteiger partial charge on any atom is -0.397 e. The lowest BCUT2D eigenvalue weighted by Crippen LogP contribution is -1.99. The van der Waals surface area contributed by atoms with Crippen LogP contribution in [0.15, 0.2) is 58.6 Å². The number of benzene rings is 2. The number of aliphatic imine (C=N–C) groups is 1. The van der Waals surface area contributed by atoms with E-state index in [4.69, 9.17) is 10.3 Å². The maximum absolute atomic E-state index is 12.1. The van der Waals surface area contributed by atoms with Gasteiger partial charge in [-0.15, -0.1) is 0 Å². The lowest BCUT2D eigenvalue weighted by molar-refractivity contribution is 0.665. The SMILES string of the molecule is CC.Nc1cccc2c1Nc1ccccc1NC2.OSC1=CN=C(F)CC1. The topological polar surface area (TPSA) is 82.7 Å². The van der Waals surface area contributed by atoms with Gasteiger partial charge in [0.1, 0.15) is 0 Å². The number of rotatable bonds is 1. The van der Waals surface area contributed by atoms with Crippen molar-refractivity contribution in [2.45, 2.75) is 33.2 Å². The summed E-state index contributed by atoms with van der Waals surface area (Å²) in [6, 6.07) is 14.1. The maximum atomic E-state index is 12.1. The van der Waals surface area contributed by atoms with Gasteiger partial charge in [-0.05, 0) is 30.2 Å². The molecule has 5 N–H and O–H groups in total. The molecule has 0 unspecified atom stereocenters. The van der Waals surface area contributed by atoms with Crippen LogP contribution in [-0.2, 0) is 6.54 Å². The summed E-state index contributed by atoms with van der Waals surface area (Å²) in [5.74, 6) is -0.354. The first-order chi connectivity index (χ1) is 13.2. The van der Waals surface area contributed by atoms with Crippen molar-refractivity contribution in [3.63, 3.8) is 0 Å². The molecule has 0 spiro atoms. The molecule has 0 bridgehead atoms. The normalized spacial score (nSPS) is 14.1. The van der Waals surface area contributed by atoms with E-state index in [1.165, 1.54) is 11.8 Å².